The van der Waals surface area contributed by atoms with Gasteiger partial charge in [0.15, 0.2) is 5.13 Å². The number of carboxylic acid groups (broad SMARTS) is 1. The zero-order chi connectivity index (χ0) is 22.8. The van der Waals surface area contributed by atoms with E-state index in [-0.39, 0.29) is 30.6 Å². The van der Waals surface area contributed by atoms with Gasteiger partial charge in [0.25, 0.3) is 0 Å². The summed E-state index contributed by atoms with van der Waals surface area (Å²) in [5.41, 5.74) is 0. The van der Waals surface area contributed by atoms with Crippen LogP contribution in [0.15, 0.2) is 10.4 Å². The molecule has 0 atom stereocenters. The Balaban J connectivity index is 1.57. The van der Waals surface area contributed by atoms with Crippen molar-refractivity contribution in [3.8, 4) is 0 Å². The highest BCUT2D eigenvalue weighted by Crippen LogP contribution is 2.33. The number of nitrogens with zero attached hydrogens (tertiary/aromatic N) is 2. The first-order chi connectivity index (χ1) is 15.6. The minimum atomic E-state index is -0.808. The van der Waals surface area contributed by atoms with Crippen LogP contribution in [-0.4, -0.2) is 71.3 Å². The van der Waals surface area contributed by atoms with Crippen molar-refractivity contribution in [3.63, 3.8) is 0 Å². The Morgan fingerprint density at radius 1 is 1.16 bits per heavy atom. The van der Waals surface area contributed by atoms with Gasteiger partial charge in [0, 0.05) is 24.9 Å². The Labute approximate surface area is 198 Å². The first-order valence-corrected chi connectivity index (χ1v) is 13.4. The number of methoxy groups -OCH3 is 1. The Hall–Kier alpha value is -1.36. The van der Waals surface area contributed by atoms with Crippen molar-refractivity contribution in [2.24, 2.45) is 0 Å². The summed E-state index contributed by atoms with van der Waals surface area (Å²) in [4.78, 5) is 30.5. The maximum atomic E-state index is 13.4. The molecule has 8 nitrogen and oxygen atoms in total. The Morgan fingerprint density at radius 3 is 2.56 bits per heavy atom. The van der Waals surface area contributed by atoms with E-state index in [4.69, 9.17) is 14.6 Å². The molecule has 0 radical (unpaired) electrons. The van der Waals surface area contributed by atoms with Gasteiger partial charge in [0.1, 0.15) is 0 Å². The summed E-state index contributed by atoms with van der Waals surface area (Å²) in [6.45, 7) is 1.23. The van der Waals surface area contributed by atoms with Crippen LogP contribution in [0, 0.1) is 0 Å². The van der Waals surface area contributed by atoms with E-state index >= 15 is 0 Å². The Kier molecular flexibility index (Phi) is 10.6. The summed E-state index contributed by atoms with van der Waals surface area (Å²) in [5.74, 6) is -0.313. The summed E-state index contributed by atoms with van der Waals surface area (Å²) in [5, 5.41) is 12.4. The number of thiazole rings is 1. The standard InChI is InChI=1S/C22H35N3O5S2/c1-29-12-13-30-18-9-7-17(8-10-18)25(16-5-3-2-4-6-16)22(28)24-21-23-15-20(32-21)31-14-11-19(26)27/h15-18H,2-14H2,1H3,(H,26,27)(H,23,24,28)/t17-,18-. The molecule has 0 aliphatic heterocycles. The maximum absolute atomic E-state index is 13.4. The number of hydrogen-bond acceptors (Lipinski definition) is 7. The van der Waals surface area contributed by atoms with E-state index in [1.807, 2.05) is 0 Å². The number of carbonyl (C=O) groups is 2. The zero-order valence-electron chi connectivity index (χ0n) is 18.8. The van der Waals surface area contributed by atoms with E-state index in [9.17, 15) is 9.59 Å². The van der Waals surface area contributed by atoms with Gasteiger partial charge < -0.3 is 19.5 Å². The van der Waals surface area contributed by atoms with Crippen LogP contribution in [0.1, 0.15) is 64.2 Å². The minimum absolute atomic E-state index is 0.0583. The first kappa shape index (κ1) is 25.3. The van der Waals surface area contributed by atoms with Crippen molar-refractivity contribution in [1.82, 2.24) is 9.88 Å². The van der Waals surface area contributed by atoms with Gasteiger partial charge in [-0.2, -0.15) is 0 Å². The molecule has 2 saturated carbocycles. The van der Waals surface area contributed by atoms with Gasteiger partial charge in [0.2, 0.25) is 0 Å². The van der Waals surface area contributed by atoms with E-state index < -0.39 is 5.97 Å². The quantitative estimate of drug-likeness (QED) is 0.341. The third-order valence-electron chi connectivity index (χ3n) is 6.14. The smallest absolute Gasteiger partial charge is 0.324 e. The molecule has 2 amide bonds. The van der Waals surface area contributed by atoms with E-state index in [0.717, 1.165) is 42.7 Å². The van der Waals surface area contributed by atoms with Crippen LogP contribution in [0.4, 0.5) is 9.93 Å². The van der Waals surface area contributed by atoms with Crippen LogP contribution in [0.25, 0.3) is 0 Å². The van der Waals surface area contributed by atoms with Gasteiger partial charge >= 0.3 is 12.0 Å². The van der Waals surface area contributed by atoms with Gasteiger partial charge in [0.05, 0.1) is 36.1 Å². The van der Waals surface area contributed by atoms with Crippen molar-refractivity contribution < 1.29 is 24.2 Å². The molecule has 0 spiro atoms. The fraction of sp³-hybridized carbons (Fsp3) is 0.773. The zero-order valence-corrected chi connectivity index (χ0v) is 20.4. The molecule has 0 aromatic carbocycles. The molecule has 1 aromatic heterocycles. The van der Waals surface area contributed by atoms with Crippen LogP contribution in [-0.2, 0) is 14.3 Å². The number of aromatic nitrogens is 1. The predicted octanol–water partition coefficient (Wildman–Crippen LogP) is 4.85. The molecule has 180 valence electrons. The summed E-state index contributed by atoms with van der Waals surface area (Å²) in [6, 6.07) is 0.450. The lowest BCUT2D eigenvalue weighted by Gasteiger charge is -2.42. The first-order valence-electron chi connectivity index (χ1n) is 11.6. The van der Waals surface area contributed by atoms with Gasteiger partial charge in [-0.15, -0.1) is 11.8 Å². The van der Waals surface area contributed by atoms with Crippen molar-refractivity contribution in [3.05, 3.63) is 6.20 Å². The van der Waals surface area contributed by atoms with E-state index in [1.165, 1.54) is 42.4 Å². The lowest BCUT2D eigenvalue weighted by Crippen LogP contribution is -2.51. The average molecular weight is 486 g/mol. The maximum Gasteiger partial charge on any atom is 0.324 e. The topological polar surface area (TPSA) is 101 Å². The minimum Gasteiger partial charge on any atom is -0.481 e. The molecule has 0 bridgehead atoms. The number of thioether (sulfide) groups is 1. The average Bonchev–Trinajstić information content (AvgIpc) is 3.23. The van der Waals surface area contributed by atoms with E-state index in [2.05, 4.69) is 15.2 Å². The number of urea groups is 1. The second-order valence-electron chi connectivity index (χ2n) is 8.40. The third-order valence-corrected chi connectivity index (χ3v) is 8.25. The number of rotatable bonds is 11. The van der Waals surface area contributed by atoms with Gasteiger partial charge in [-0.3, -0.25) is 10.1 Å². The van der Waals surface area contributed by atoms with Crippen molar-refractivity contribution >= 4 is 40.2 Å². The highest BCUT2D eigenvalue weighted by atomic mass is 32.2. The van der Waals surface area contributed by atoms with Gasteiger partial charge in [-0.25, -0.2) is 9.78 Å². The number of amides is 2. The molecule has 3 rings (SSSR count). The molecular weight excluding hydrogens is 450 g/mol. The number of carboxylic acids is 1. The molecule has 0 saturated heterocycles. The summed E-state index contributed by atoms with van der Waals surface area (Å²) >= 11 is 2.86. The molecule has 32 heavy (non-hydrogen) atoms. The van der Waals surface area contributed by atoms with Crippen LogP contribution >= 0.6 is 23.1 Å². The van der Waals surface area contributed by atoms with Gasteiger partial charge in [-0.05, 0) is 38.5 Å². The van der Waals surface area contributed by atoms with E-state index in [0.29, 0.717) is 24.1 Å². The summed E-state index contributed by atoms with van der Waals surface area (Å²) in [6.07, 6.45) is 11.6. The monoisotopic (exact) mass is 485 g/mol. The SMILES string of the molecule is COCCO[C@H]1CC[C@H](N(C(=O)Nc2ncc(SCCC(=O)O)s2)C2CCCCC2)CC1. The molecule has 10 heteroatoms. The number of carbonyl (C=O) groups excluding carboxylic acids is 1. The number of hydrogen-bond donors (Lipinski definition) is 2. The number of aliphatic carboxylic acids is 1. The lowest BCUT2D eigenvalue weighted by molar-refractivity contribution is -0.136. The van der Waals surface area contributed by atoms with Crippen LogP contribution in [0.2, 0.25) is 0 Å². The molecule has 2 N–H and O–H groups in total. The normalized spacial score (nSPS) is 21.9. The van der Waals surface area contributed by atoms with Crippen LogP contribution < -0.4 is 5.32 Å². The third kappa shape index (κ3) is 7.90. The number of nitrogens with one attached hydrogen (secondary N) is 1. The molecule has 1 aromatic rings. The number of anilines is 1. The predicted molar refractivity (Wildman–Crippen MR) is 127 cm³/mol. The van der Waals surface area contributed by atoms with Crippen LogP contribution in [0.3, 0.4) is 0 Å². The molecular formula is C22H35N3O5S2. The van der Waals surface area contributed by atoms with E-state index in [1.54, 1.807) is 13.3 Å². The van der Waals surface area contributed by atoms with Crippen LogP contribution in [0.5, 0.6) is 0 Å². The molecule has 2 fully saturated rings. The molecule has 2 aliphatic carbocycles. The fourth-order valence-electron chi connectivity index (χ4n) is 4.56. The summed E-state index contributed by atoms with van der Waals surface area (Å²) < 4.78 is 11.9. The lowest BCUT2D eigenvalue weighted by atomic mass is 9.88. The largest absolute Gasteiger partial charge is 0.481 e. The highest BCUT2D eigenvalue weighted by Gasteiger charge is 2.34. The highest BCUT2D eigenvalue weighted by molar-refractivity contribution is 8.01. The Morgan fingerprint density at radius 2 is 1.88 bits per heavy atom. The molecule has 0 unspecified atom stereocenters. The second kappa shape index (κ2) is 13.4. The number of ether oxygens (including phenoxy) is 2. The van der Waals surface area contributed by atoms with Crippen molar-refractivity contribution in [1.29, 1.82) is 0 Å². The fourth-order valence-corrected chi connectivity index (χ4v) is 6.42. The van der Waals surface area contributed by atoms with Crippen molar-refractivity contribution in [2.45, 2.75) is 86.6 Å². The Bertz CT molecular complexity index is 718. The van der Waals surface area contributed by atoms with Gasteiger partial charge in [-0.1, -0.05) is 30.6 Å². The molecule has 1 heterocycles. The summed E-state index contributed by atoms with van der Waals surface area (Å²) in [7, 11) is 1.68. The second-order valence-corrected chi connectivity index (χ2v) is 10.8. The molecule has 2 aliphatic rings. The van der Waals surface area contributed by atoms with Crippen molar-refractivity contribution in [2.75, 3.05) is 31.4 Å².